The first-order valence-electron chi connectivity index (χ1n) is 7.01. The van der Waals surface area contributed by atoms with Crippen molar-refractivity contribution in [3.63, 3.8) is 0 Å². The summed E-state index contributed by atoms with van der Waals surface area (Å²) in [5.74, 6) is 0.823. The van der Waals surface area contributed by atoms with Gasteiger partial charge in [0.05, 0.1) is 0 Å². The standard InChI is InChI=1S/C16H14ClN5O/c1-10-18-15(22-21-10)14(11-6-3-2-4-7-11)20-16(23)12-8-5-9-13(17)19-12/h2-9,14H,1H3,(H,20,23)(H,18,21,22)/t14-/m0/s1. The maximum absolute atomic E-state index is 12.5. The number of amides is 1. The number of hydrogen-bond acceptors (Lipinski definition) is 4. The SMILES string of the molecule is Cc1nc([C@@H](NC(=O)c2cccc(Cl)n2)c2ccccc2)n[nH]1. The van der Waals surface area contributed by atoms with Crippen molar-refractivity contribution < 1.29 is 4.79 Å². The number of nitrogens with one attached hydrogen (secondary N) is 2. The highest BCUT2D eigenvalue weighted by molar-refractivity contribution is 6.29. The first-order valence-corrected chi connectivity index (χ1v) is 7.38. The molecule has 6 nitrogen and oxygen atoms in total. The lowest BCUT2D eigenvalue weighted by Crippen LogP contribution is -2.30. The molecule has 7 heteroatoms. The summed E-state index contributed by atoms with van der Waals surface area (Å²) in [6.07, 6.45) is 0. The molecule has 0 unspecified atom stereocenters. The predicted octanol–water partition coefficient (Wildman–Crippen LogP) is 2.68. The maximum Gasteiger partial charge on any atom is 0.270 e. The number of aromatic nitrogens is 4. The van der Waals surface area contributed by atoms with Gasteiger partial charge in [0.2, 0.25) is 0 Å². The van der Waals surface area contributed by atoms with E-state index in [9.17, 15) is 4.79 Å². The molecule has 0 saturated heterocycles. The first-order chi connectivity index (χ1) is 11.1. The van der Waals surface area contributed by atoms with Crippen LogP contribution in [0.15, 0.2) is 48.5 Å². The van der Waals surface area contributed by atoms with Crippen LogP contribution in [0.4, 0.5) is 0 Å². The number of rotatable bonds is 4. The number of nitrogens with zero attached hydrogens (tertiary/aromatic N) is 3. The molecule has 1 atom stereocenters. The third-order valence-electron chi connectivity index (χ3n) is 3.23. The van der Waals surface area contributed by atoms with Gasteiger partial charge >= 0.3 is 0 Å². The highest BCUT2D eigenvalue weighted by Crippen LogP contribution is 2.19. The van der Waals surface area contributed by atoms with Gasteiger partial charge in [-0.15, -0.1) is 0 Å². The predicted molar refractivity (Wildman–Crippen MR) is 86.1 cm³/mol. The van der Waals surface area contributed by atoms with Gasteiger partial charge in [0.1, 0.15) is 22.7 Å². The van der Waals surface area contributed by atoms with Crippen LogP contribution in [0.25, 0.3) is 0 Å². The number of pyridine rings is 1. The van der Waals surface area contributed by atoms with Crippen molar-refractivity contribution in [2.45, 2.75) is 13.0 Å². The highest BCUT2D eigenvalue weighted by Gasteiger charge is 2.22. The van der Waals surface area contributed by atoms with Crippen molar-refractivity contribution in [1.29, 1.82) is 0 Å². The molecule has 0 aliphatic heterocycles. The molecule has 3 aromatic rings. The van der Waals surface area contributed by atoms with Gasteiger partial charge < -0.3 is 5.32 Å². The third-order valence-corrected chi connectivity index (χ3v) is 3.44. The quantitative estimate of drug-likeness (QED) is 0.722. The topological polar surface area (TPSA) is 83.6 Å². The number of benzene rings is 1. The lowest BCUT2D eigenvalue weighted by atomic mass is 10.1. The van der Waals surface area contributed by atoms with Gasteiger partial charge in [-0.2, -0.15) is 5.10 Å². The van der Waals surface area contributed by atoms with Crippen LogP contribution in [0.2, 0.25) is 5.15 Å². The molecule has 0 fully saturated rings. The van der Waals surface area contributed by atoms with E-state index in [1.54, 1.807) is 25.1 Å². The van der Waals surface area contributed by atoms with E-state index in [2.05, 4.69) is 25.5 Å². The van der Waals surface area contributed by atoms with Crippen molar-refractivity contribution in [2.75, 3.05) is 0 Å². The zero-order chi connectivity index (χ0) is 16.2. The summed E-state index contributed by atoms with van der Waals surface area (Å²) in [7, 11) is 0. The Kier molecular flexibility index (Phi) is 4.34. The van der Waals surface area contributed by atoms with Gasteiger partial charge in [-0.3, -0.25) is 9.89 Å². The van der Waals surface area contributed by atoms with Crippen LogP contribution in [0.3, 0.4) is 0 Å². The molecule has 3 rings (SSSR count). The minimum atomic E-state index is -0.477. The lowest BCUT2D eigenvalue weighted by Gasteiger charge is -2.16. The fourth-order valence-electron chi connectivity index (χ4n) is 2.17. The summed E-state index contributed by atoms with van der Waals surface area (Å²) >= 11 is 5.84. The molecular weight excluding hydrogens is 314 g/mol. The van der Waals surface area contributed by atoms with E-state index >= 15 is 0 Å². The Bertz CT molecular complexity index is 818. The molecule has 1 amide bonds. The molecular formula is C16H14ClN5O. The highest BCUT2D eigenvalue weighted by atomic mass is 35.5. The summed E-state index contributed by atoms with van der Waals surface area (Å²) in [5, 5.41) is 10.1. The molecule has 2 aromatic heterocycles. The minimum absolute atomic E-state index is 0.241. The molecule has 2 heterocycles. The molecule has 2 N–H and O–H groups in total. The van der Waals surface area contributed by atoms with Gasteiger partial charge in [-0.25, -0.2) is 9.97 Å². The van der Waals surface area contributed by atoms with Crippen molar-refractivity contribution in [2.24, 2.45) is 0 Å². The van der Waals surface area contributed by atoms with Crippen LogP contribution in [0.1, 0.15) is 33.7 Å². The second kappa shape index (κ2) is 6.58. The van der Waals surface area contributed by atoms with E-state index in [0.29, 0.717) is 11.6 Å². The summed E-state index contributed by atoms with van der Waals surface area (Å²) in [6.45, 7) is 1.80. The van der Waals surface area contributed by atoms with E-state index in [0.717, 1.165) is 5.56 Å². The Morgan fingerprint density at radius 2 is 1.91 bits per heavy atom. The molecule has 23 heavy (non-hydrogen) atoms. The summed E-state index contributed by atoms with van der Waals surface area (Å²) in [6, 6.07) is 13.9. The van der Waals surface area contributed by atoms with Gasteiger partial charge in [0, 0.05) is 0 Å². The largest absolute Gasteiger partial charge is 0.337 e. The Hall–Kier alpha value is -2.73. The Labute approximate surface area is 137 Å². The summed E-state index contributed by atoms with van der Waals surface area (Å²) in [5.41, 5.74) is 1.12. The Morgan fingerprint density at radius 3 is 2.57 bits per heavy atom. The van der Waals surface area contributed by atoms with Crippen molar-refractivity contribution >= 4 is 17.5 Å². The first kappa shape index (κ1) is 15.2. The van der Waals surface area contributed by atoms with Gasteiger partial charge in [0.25, 0.3) is 5.91 Å². The Balaban J connectivity index is 1.92. The second-order valence-electron chi connectivity index (χ2n) is 4.94. The fourth-order valence-corrected chi connectivity index (χ4v) is 2.34. The van der Waals surface area contributed by atoms with Crippen molar-refractivity contribution in [3.8, 4) is 0 Å². The molecule has 0 saturated carbocycles. The molecule has 0 aliphatic rings. The molecule has 0 radical (unpaired) electrons. The van der Waals surface area contributed by atoms with E-state index < -0.39 is 6.04 Å². The second-order valence-corrected chi connectivity index (χ2v) is 5.33. The number of hydrogen-bond donors (Lipinski definition) is 2. The van der Waals surface area contributed by atoms with Crippen LogP contribution < -0.4 is 5.32 Å². The lowest BCUT2D eigenvalue weighted by molar-refractivity contribution is 0.0936. The molecule has 0 aliphatic carbocycles. The van der Waals surface area contributed by atoms with Crippen LogP contribution in [0, 0.1) is 6.92 Å². The molecule has 0 bridgehead atoms. The van der Waals surface area contributed by atoms with Crippen LogP contribution in [-0.4, -0.2) is 26.1 Å². The number of halogens is 1. The number of aromatic amines is 1. The van der Waals surface area contributed by atoms with Crippen LogP contribution >= 0.6 is 11.6 Å². The minimum Gasteiger partial charge on any atom is -0.337 e. The fraction of sp³-hybridized carbons (Fsp3) is 0.125. The average molecular weight is 328 g/mol. The van der Waals surface area contributed by atoms with Gasteiger partial charge in [0.15, 0.2) is 5.82 Å². The monoisotopic (exact) mass is 327 g/mol. The summed E-state index contributed by atoms with van der Waals surface area (Å²) < 4.78 is 0. The molecule has 116 valence electrons. The average Bonchev–Trinajstić information content (AvgIpc) is 2.99. The number of carbonyl (C=O) groups is 1. The van der Waals surface area contributed by atoms with Crippen LogP contribution in [0.5, 0.6) is 0 Å². The molecule has 0 spiro atoms. The smallest absolute Gasteiger partial charge is 0.270 e. The number of aryl methyl sites for hydroxylation is 1. The van der Waals surface area contributed by atoms with E-state index in [1.165, 1.54) is 0 Å². The summed E-state index contributed by atoms with van der Waals surface area (Å²) in [4.78, 5) is 20.8. The third kappa shape index (κ3) is 3.54. The van der Waals surface area contributed by atoms with E-state index in [4.69, 9.17) is 11.6 Å². The number of H-pyrrole nitrogens is 1. The van der Waals surface area contributed by atoms with E-state index in [-0.39, 0.29) is 16.8 Å². The van der Waals surface area contributed by atoms with Crippen molar-refractivity contribution in [3.05, 3.63) is 76.6 Å². The van der Waals surface area contributed by atoms with Crippen LogP contribution in [-0.2, 0) is 0 Å². The maximum atomic E-state index is 12.5. The Morgan fingerprint density at radius 1 is 1.13 bits per heavy atom. The number of carbonyl (C=O) groups excluding carboxylic acids is 1. The van der Waals surface area contributed by atoms with Crippen molar-refractivity contribution in [1.82, 2.24) is 25.5 Å². The van der Waals surface area contributed by atoms with Gasteiger partial charge in [-0.1, -0.05) is 48.0 Å². The van der Waals surface area contributed by atoms with Gasteiger partial charge in [-0.05, 0) is 24.6 Å². The zero-order valence-corrected chi connectivity index (χ0v) is 13.1. The zero-order valence-electron chi connectivity index (χ0n) is 12.3. The molecule has 1 aromatic carbocycles. The van der Waals surface area contributed by atoms with E-state index in [1.807, 2.05) is 30.3 Å². The normalized spacial score (nSPS) is 11.9.